The van der Waals surface area contributed by atoms with E-state index in [0.717, 1.165) is 23.8 Å². The highest BCUT2D eigenvalue weighted by Gasteiger charge is 2.33. The number of hydrogen-bond donors (Lipinski definition) is 1. The second-order valence-corrected chi connectivity index (χ2v) is 9.58. The van der Waals surface area contributed by atoms with E-state index in [2.05, 4.69) is 22.3 Å². The third-order valence-corrected chi connectivity index (χ3v) is 7.16. The molecule has 2 aromatic rings. The molecular formula is C24H27ClFN3OS. The lowest BCUT2D eigenvalue weighted by atomic mass is 9.96. The molecule has 2 fully saturated rings. The minimum Gasteiger partial charge on any atom is -0.343 e. The summed E-state index contributed by atoms with van der Waals surface area (Å²) in [6, 6.07) is 14.8. The van der Waals surface area contributed by atoms with Crippen molar-refractivity contribution >= 4 is 40.1 Å². The van der Waals surface area contributed by atoms with Gasteiger partial charge in [0.05, 0.1) is 11.7 Å². The fourth-order valence-corrected chi connectivity index (χ4v) is 5.55. The summed E-state index contributed by atoms with van der Waals surface area (Å²) < 4.78 is 14.0. The highest BCUT2D eigenvalue weighted by atomic mass is 35.5. The summed E-state index contributed by atoms with van der Waals surface area (Å²) in [4.78, 5) is 20.1. The number of carbonyl (C=O) groups is 1. The Morgan fingerprint density at radius 1 is 1.16 bits per heavy atom. The van der Waals surface area contributed by atoms with Gasteiger partial charge >= 0.3 is 0 Å². The number of thioether (sulfide) groups is 1. The zero-order valence-electron chi connectivity index (χ0n) is 17.4. The van der Waals surface area contributed by atoms with Gasteiger partial charge in [0.15, 0.2) is 5.17 Å². The van der Waals surface area contributed by atoms with E-state index in [9.17, 15) is 9.18 Å². The number of amidine groups is 1. The molecule has 0 aromatic heterocycles. The van der Waals surface area contributed by atoms with E-state index in [4.69, 9.17) is 16.6 Å². The maximum absolute atomic E-state index is 14.0. The Balaban J connectivity index is 1.48. The number of nitrogens with zero attached hydrogens (tertiary/aromatic N) is 2. The van der Waals surface area contributed by atoms with Gasteiger partial charge in [-0.1, -0.05) is 73.0 Å². The Hall–Kier alpha value is -2.05. The zero-order chi connectivity index (χ0) is 21.6. The molecule has 4 nitrogen and oxygen atoms in total. The topological polar surface area (TPSA) is 44.7 Å². The first-order valence-electron chi connectivity index (χ1n) is 10.8. The number of anilines is 1. The number of halogens is 2. The van der Waals surface area contributed by atoms with Crippen molar-refractivity contribution in [1.29, 1.82) is 0 Å². The van der Waals surface area contributed by atoms with Crippen LogP contribution in [0.15, 0.2) is 53.5 Å². The molecule has 164 valence electrons. The van der Waals surface area contributed by atoms with Gasteiger partial charge in [0.1, 0.15) is 5.82 Å². The van der Waals surface area contributed by atoms with Crippen LogP contribution < -0.4 is 5.32 Å². The summed E-state index contributed by atoms with van der Waals surface area (Å²) in [6.45, 7) is 0.711. The highest BCUT2D eigenvalue weighted by molar-refractivity contribution is 8.14. The predicted octanol–water partition coefficient (Wildman–Crippen LogP) is 6.11. The molecule has 1 amide bonds. The summed E-state index contributed by atoms with van der Waals surface area (Å²) in [5, 5.41) is 4.10. The van der Waals surface area contributed by atoms with Gasteiger partial charge < -0.3 is 10.2 Å². The minimum absolute atomic E-state index is 0.00907. The largest absolute Gasteiger partial charge is 0.343 e. The van der Waals surface area contributed by atoms with Gasteiger partial charge in [0, 0.05) is 29.8 Å². The zero-order valence-corrected chi connectivity index (χ0v) is 19.0. The van der Waals surface area contributed by atoms with E-state index in [1.54, 1.807) is 11.8 Å². The Bertz CT molecular complexity index is 934. The summed E-state index contributed by atoms with van der Waals surface area (Å²) in [6.07, 6.45) is 6.33. The van der Waals surface area contributed by atoms with Crippen LogP contribution in [-0.4, -0.2) is 33.8 Å². The molecule has 1 N–H and O–H groups in total. The van der Waals surface area contributed by atoms with Crippen molar-refractivity contribution in [3.63, 3.8) is 0 Å². The van der Waals surface area contributed by atoms with Crippen molar-refractivity contribution in [2.24, 2.45) is 4.99 Å². The lowest BCUT2D eigenvalue weighted by Gasteiger charge is -2.27. The maximum atomic E-state index is 14.0. The van der Waals surface area contributed by atoms with Crippen molar-refractivity contribution < 1.29 is 9.18 Å². The molecule has 2 aliphatic rings. The first-order chi connectivity index (χ1) is 15.1. The number of amides is 1. The van der Waals surface area contributed by atoms with E-state index in [-0.39, 0.29) is 24.1 Å². The molecule has 1 saturated heterocycles. The van der Waals surface area contributed by atoms with Crippen LogP contribution in [0.1, 0.15) is 44.1 Å². The molecule has 4 rings (SSSR count). The molecule has 1 atom stereocenters. The Kier molecular flexibility index (Phi) is 7.51. The van der Waals surface area contributed by atoms with Crippen LogP contribution in [0.3, 0.4) is 0 Å². The number of nitrogens with one attached hydrogen (secondary N) is 1. The first kappa shape index (κ1) is 22.2. The van der Waals surface area contributed by atoms with E-state index < -0.39 is 5.82 Å². The lowest BCUT2D eigenvalue weighted by Crippen LogP contribution is -2.37. The fraction of sp³-hybridized carbons (Fsp3) is 0.417. The van der Waals surface area contributed by atoms with E-state index in [0.29, 0.717) is 17.6 Å². The molecule has 31 heavy (non-hydrogen) atoms. The molecule has 7 heteroatoms. The summed E-state index contributed by atoms with van der Waals surface area (Å²) in [5.41, 5.74) is 1.31. The fourth-order valence-electron chi connectivity index (χ4n) is 4.13. The van der Waals surface area contributed by atoms with Crippen molar-refractivity contribution in [1.82, 2.24) is 4.90 Å². The van der Waals surface area contributed by atoms with Crippen LogP contribution in [0.4, 0.5) is 10.1 Å². The lowest BCUT2D eigenvalue weighted by molar-refractivity contribution is -0.117. The summed E-state index contributed by atoms with van der Waals surface area (Å²) in [5.74, 6) is 0.0899. The summed E-state index contributed by atoms with van der Waals surface area (Å²) in [7, 11) is 0. The molecule has 1 heterocycles. The Morgan fingerprint density at radius 2 is 1.94 bits per heavy atom. The number of carbonyl (C=O) groups excluding carboxylic acids is 1. The van der Waals surface area contributed by atoms with Crippen molar-refractivity contribution in [2.45, 2.75) is 57.2 Å². The van der Waals surface area contributed by atoms with Crippen molar-refractivity contribution in [3.8, 4) is 0 Å². The van der Waals surface area contributed by atoms with Gasteiger partial charge in [-0.05, 0) is 36.6 Å². The first-order valence-corrected chi connectivity index (χ1v) is 12.2. The number of aliphatic imine (C=N–C) groups is 1. The molecule has 1 aliphatic carbocycles. The van der Waals surface area contributed by atoms with Gasteiger partial charge in [-0.25, -0.2) is 4.39 Å². The monoisotopic (exact) mass is 459 g/mol. The molecule has 0 bridgehead atoms. The molecule has 1 unspecified atom stereocenters. The van der Waals surface area contributed by atoms with Gasteiger partial charge in [-0.15, -0.1) is 0 Å². The van der Waals surface area contributed by atoms with E-state index >= 15 is 0 Å². The smallest absolute Gasteiger partial charge is 0.226 e. The second kappa shape index (κ2) is 10.5. The predicted molar refractivity (Wildman–Crippen MR) is 127 cm³/mol. The van der Waals surface area contributed by atoms with Crippen LogP contribution in [-0.2, 0) is 11.3 Å². The normalized spacial score (nSPS) is 20.9. The SMILES string of the molecule is O=C(CC1CSC(=NC2CCCCC2)N1Cc1ccccc1)Nc1cc(Cl)ccc1F. The second-order valence-electron chi connectivity index (χ2n) is 8.16. The van der Waals surface area contributed by atoms with Crippen molar-refractivity contribution in [3.05, 3.63) is 64.9 Å². The quantitative estimate of drug-likeness (QED) is 0.566. The Morgan fingerprint density at radius 3 is 2.71 bits per heavy atom. The molecule has 2 aromatic carbocycles. The van der Waals surface area contributed by atoms with Crippen molar-refractivity contribution in [2.75, 3.05) is 11.1 Å². The van der Waals surface area contributed by atoms with Crippen LogP contribution in [0.2, 0.25) is 5.02 Å². The van der Waals surface area contributed by atoms with E-state index in [1.165, 1.54) is 43.0 Å². The van der Waals surface area contributed by atoms with E-state index in [1.807, 2.05) is 18.2 Å². The minimum atomic E-state index is -0.487. The molecule has 1 saturated carbocycles. The number of hydrogen-bond acceptors (Lipinski definition) is 3. The van der Waals surface area contributed by atoms with Crippen LogP contribution in [0, 0.1) is 5.82 Å². The highest BCUT2D eigenvalue weighted by Crippen LogP contribution is 2.31. The number of benzene rings is 2. The van der Waals surface area contributed by atoms with Gasteiger partial charge in [-0.2, -0.15) is 0 Å². The summed E-state index contributed by atoms with van der Waals surface area (Å²) >= 11 is 7.68. The van der Waals surface area contributed by atoms with Gasteiger partial charge in [0.25, 0.3) is 0 Å². The maximum Gasteiger partial charge on any atom is 0.226 e. The van der Waals surface area contributed by atoms with Gasteiger partial charge in [0.2, 0.25) is 5.91 Å². The van der Waals surface area contributed by atoms with Crippen LogP contribution in [0.5, 0.6) is 0 Å². The average molecular weight is 460 g/mol. The van der Waals surface area contributed by atoms with Gasteiger partial charge in [-0.3, -0.25) is 9.79 Å². The third-order valence-electron chi connectivity index (χ3n) is 5.78. The number of rotatable bonds is 6. The molecular weight excluding hydrogens is 433 g/mol. The molecule has 0 radical (unpaired) electrons. The Labute approximate surface area is 192 Å². The average Bonchev–Trinajstić information content (AvgIpc) is 3.13. The molecule has 0 spiro atoms. The third kappa shape index (κ3) is 6.01. The standard InChI is InChI=1S/C24H27ClFN3OS/c25-18-11-12-21(26)22(13-18)28-23(30)14-20-16-31-24(27-19-9-5-2-6-10-19)29(20)15-17-7-3-1-4-8-17/h1,3-4,7-8,11-13,19-20H,2,5-6,9-10,14-16H2,(H,28,30). The molecule has 1 aliphatic heterocycles. The van der Waals surface area contributed by atoms with Crippen LogP contribution in [0.25, 0.3) is 0 Å². The van der Waals surface area contributed by atoms with Crippen LogP contribution >= 0.6 is 23.4 Å².